The number of nitrogens with zero attached hydrogens (tertiary/aromatic N) is 3. The molecule has 4 aromatic rings. The Hall–Kier alpha value is -4.06. The molecule has 2 heterocycles. The zero-order chi connectivity index (χ0) is 24.6. The molecular weight excluding hydrogens is 471 g/mol. The number of alkyl halides is 3. The highest BCUT2D eigenvalue weighted by atomic mass is 32.1. The number of amides is 2. The molecule has 2 aromatic carbocycles. The van der Waals surface area contributed by atoms with Gasteiger partial charge in [0.15, 0.2) is 10.8 Å². The minimum absolute atomic E-state index is 0.128. The summed E-state index contributed by atoms with van der Waals surface area (Å²) >= 11 is 1.10. The Morgan fingerprint density at radius 2 is 1.79 bits per heavy atom. The fourth-order valence-corrected chi connectivity index (χ4v) is 4.16. The van der Waals surface area contributed by atoms with E-state index in [0.29, 0.717) is 15.9 Å². The number of thiazole rings is 1. The van der Waals surface area contributed by atoms with Crippen LogP contribution >= 0.6 is 11.3 Å². The number of rotatable bonds is 4. The van der Waals surface area contributed by atoms with Gasteiger partial charge in [0.1, 0.15) is 0 Å². The van der Waals surface area contributed by atoms with Crippen molar-refractivity contribution in [2.75, 3.05) is 10.6 Å². The lowest BCUT2D eigenvalue weighted by Crippen LogP contribution is -2.27. The summed E-state index contributed by atoms with van der Waals surface area (Å²) in [6, 6.07) is 10.8. The van der Waals surface area contributed by atoms with Gasteiger partial charge in [0.25, 0.3) is 5.91 Å². The zero-order valence-electron chi connectivity index (χ0n) is 17.7. The number of para-hydroxylation sites is 1. The number of benzene rings is 2. The van der Waals surface area contributed by atoms with Crippen LogP contribution in [-0.4, -0.2) is 26.6 Å². The highest BCUT2D eigenvalue weighted by molar-refractivity contribution is 7.22. The fourth-order valence-electron chi connectivity index (χ4n) is 3.26. The summed E-state index contributed by atoms with van der Waals surface area (Å²) in [5, 5.41) is 9.21. The lowest BCUT2D eigenvalue weighted by atomic mass is 10.1. The van der Waals surface area contributed by atoms with Gasteiger partial charge in [-0.2, -0.15) is 18.3 Å². The maximum Gasteiger partial charge on any atom is 0.418 e. The minimum Gasteiger partial charge on any atom is -0.326 e. The second-order valence-electron chi connectivity index (χ2n) is 7.26. The average molecular weight is 487 g/mol. The third-order valence-electron chi connectivity index (χ3n) is 4.69. The Labute approximate surface area is 194 Å². The first-order valence-corrected chi connectivity index (χ1v) is 10.6. The summed E-state index contributed by atoms with van der Waals surface area (Å²) in [5.74, 6) is -1.16. The first-order chi connectivity index (χ1) is 16.0. The normalized spacial score (nSPS) is 11.4. The Balaban J connectivity index is 1.69. The number of carbonyl (C=O) groups is 2. The molecule has 0 unspecified atom stereocenters. The van der Waals surface area contributed by atoms with Crippen LogP contribution in [0.4, 0.5) is 24.0 Å². The maximum atomic E-state index is 13.5. The van der Waals surface area contributed by atoms with Gasteiger partial charge in [0.05, 0.1) is 21.5 Å². The van der Waals surface area contributed by atoms with Gasteiger partial charge in [-0.15, -0.1) is 0 Å². The molecule has 0 saturated carbocycles. The van der Waals surface area contributed by atoms with Gasteiger partial charge in [-0.25, -0.2) is 9.67 Å². The van der Waals surface area contributed by atoms with Crippen molar-refractivity contribution in [2.45, 2.75) is 20.0 Å². The largest absolute Gasteiger partial charge is 0.418 e. The highest BCUT2D eigenvalue weighted by Gasteiger charge is 2.34. The number of anilines is 2. The fraction of sp³-hybridized carbons (Fsp3) is 0.136. The Kier molecular flexibility index (Phi) is 5.92. The van der Waals surface area contributed by atoms with Crippen LogP contribution in [0.25, 0.3) is 15.9 Å². The van der Waals surface area contributed by atoms with E-state index in [1.807, 2.05) is 0 Å². The molecule has 0 aliphatic carbocycles. The van der Waals surface area contributed by atoms with Gasteiger partial charge < -0.3 is 5.32 Å². The third kappa shape index (κ3) is 4.66. The summed E-state index contributed by atoms with van der Waals surface area (Å²) in [4.78, 5) is 40.7. The summed E-state index contributed by atoms with van der Waals surface area (Å²) in [5.41, 5.74) is -1.38. The van der Waals surface area contributed by atoms with Crippen LogP contribution in [0.15, 0.2) is 53.3 Å². The van der Waals surface area contributed by atoms with Crippen molar-refractivity contribution in [3.05, 3.63) is 75.7 Å². The van der Waals surface area contributed by atoms with Crippen molar-refractivity contribution in [3.8, 4) is 5.69 Å². The molecule has 0 atom stereocenters. The lowest BCUT2D eigenvalue weighted by molar-refractivity contribution is -0.137. The minimum atomic E-state index is -4.66. The first-order valence-electron chi connectivity index (χ1n) is 9.80. The molecule has 0 aliphatic rings. The average Bonchev–Trinajstić information content (AvgIpc) is 3.14. The summed E-state index contributed by atoms with van der Waals surface area (Å²) in [6.45, 7) is 2.79. The second-order valence-corrected chi connectivity index (χ2v) is 8.29. The summed E-state index contributed by atoms with van der Waals surface area (Å²) in [6.07, 6.45) is -4.66. The molecular formula is C22H16F3N5O3S. The van der Waals surface area contributed by atoms with E-state index in [4.69, 9.17) is 0 Å². The van der Waals surface area contributed by atoms with Crippen LogP contribution in [-0.2, 0) is 11.0 Å². The number of aryl methyl sites for hydroxylation is 1. The number of nitrogens with one attached hydrogen (secondary N) is 2. The first kappa shape index (κ1) is 23.1. The Morgan fingerprint density at radius 1 is 1.06 bits per heavy atom. The monoisotopic (exact) mass is 487 g/mol. The molecule has 34 heavy (non-hydrogen) atoms. The van der Waals surface area contributed by atoms with Crippen molar-refractivity contribution in [2.24, 2.45) is 0 Å². The van der Waals surface area contributed by atoms with Crippen molar-refractivity contribution in [1.29, 1.82) is 0 Å². The Bertz CT molecular complexity index is 1490. The van der Waals surface area contributed by atoms with E-state index in [1.54, 1.807) is 18.2 Å². The van der Waals surface area contributed by atoms with E-state index in [0.717, 1.165) is 28.2 Å². The van der Waals surface area contributed by atoms with E-state index in [1.165, 1.54) is 32.0 Å². The van der Waals surface area contributed by atoms with Crippen LogP contribution in [0.5, 0.6) is 0 Å². The second kappa shape index (κ2) is 8.71. The molecule has 2 amide bonds. The van der Waals surface area contributed by atoms with Crippen LogP contribution in [0.2, 0.25) is 0 Å². The molecule has 0 saturated heterocycles. The van der Waals surface area contributed by atoms with Gasteiger partial charge >= 0.3 is 6.18 Å². The van der Waals surface area contributed by atoms with E-state index in [-0.39, 0.29) is 22.4 Å². The predicted molar refractivity (Wildman–Crippen MR) is 121 cm³/mol. The molecule has 8 nitrogen and oxygen atoms in total. The Morgan fingerprint density at radius 3 is 2.50 bits per heavy atom. The molecule has 0 fully saturated rings. The van der Waals surface area contributed by atoms with Gasteiger partial charge in [0, 0.05) is 24.4 Å². The molecule has 4 rings (SSSR count). The van der Waals surface area contributed by atoms with Gasteiger partial charge in [-0.05, 0) is 37.3 Å². The number of fused-ring (bicyclic) bond motifs is 1. The quantitative estimate of drug-likeness (QED) is 0.445. The molecule has 2 N–H and O–H groups in total. The van der Waals surface area contributed by atoms with E-state index >= 15 is 0 Å². The summed E-state index contributed by atoms with van der Waals surface area (Å²) in [7, 11) is 0. The molecule has 2 aromatic heterocycles. The number of hydrogen-bond donors (Lipinski definition) is 2. The van der Waals surface area contributed by atoms with Gasteiger partial charge in [-0.1, -0.05) is 23.5 Å². The molecule has 0 spiro atoms. The van der Waals surface area contributed by atoms with Crippen LogP contribution < -0.4 is 16.1 Å². The van der Waals surface area contributed by atoms with Crippen molar-refractivity contribution in [3.63, 3.8) is 0 Å². The van der Waals surface area contributed by atoms with E-state index < -0.39 is 28.8 Å². The molecule has 12 heteroatoms. The van der Waals surface area contributed by atoms with Crippen LogP contribution in [0, 0.1) is 6.92 Å². The van der Waals surface area contributed by atoms with Crippen molar-refractivity contribution >= 4 is 44.2 Å². The van der Waals surface area contributed by atoms with Gasteiger partial charge in [-0.3, -0.25) is 19.7 Å². The van der Waals surface area contributed by atoms with E-state index in [9.17, 15) is 27.6 Å². The molecule has 174 valence electrons. The van der Waals surface area contributed by atoms with Crippen LogP contribution in [0.1, 0.15) is 28.7 Å². The smallest absolute Gasteiger partial charge is 0.326 e. The highest BCUT2D eigenvalue weighted by Crippen LogP contribution is 2.33. The predicted octanol–water partition coefficient (Wildman–Crippen LogP) is 4.38. The third-order valence-corrected chi connectivity index (χ3v) is 5.62. The topological polar surface area (TPSA) is 106 Å². The number of aromatic nitrogens is 3. The standard InChI is InChI=1S/C22H16F3N5O3S/c1-11-9-17(32)19(29-30(11)16-6-4-3-5-14(16)22(23,24)25)20(33)28-21-27-15-8-7-13(26-12(2)31)10-18(15)34-21/h3-10H,1-2H3,(H,26,31)(H,27,28,33). The molecule has 0 radical (unpaired) electrons. The van der Waals surface area contributed by atoms with Gasteiger partial charge in [0.2, 0.25) is 11.3 Å². The molecule has 0 bridgehead atoms. The number of halogens is 3. The zero-order valence-corrected chi connectivity index (χ0v) is 18.5. The number of carbonyl (C=O) groups excluding carboxylic acids is 2. The van der Waals surface area contributed by atoms with Crippen molar-refractivity contribution < 1.29 is 22.8 Å². The van der Waals surface area contributed by atoms with Crippen molar-refractivity contribution in [1.82, 2.24) is 14.8 Å². The lowest BCUT2D eigenvalue weighted by Gasteiger charge is -2.16. The van der Waals surface area contributed by atoms with E-state index in [2.05, 4.69) is 20.7 Å². The maximum absolute atomic E-state index is 13.5. The number of hydrogen-bond acceptors (Lipinski definition) is 6. The SMILES string of the molecule is CC(=O)Nc1ccc2nc(NC(=O)c3nn(-c4ccccc4C(F)(F)F)c(C)cc3=O)sc2c1. The summed E-state index contributed by atoms with van der Waals surface area (Å²) < 4.78 is 42.0. The molecule has 0 aliphatic heterocycles. The van der Waals surface area contributed by atoms with Crippen LogP contribution in [0.3, 0.4) is 0 Å².